The summed E-state index contributed by atoms with van der Waals surface area (Å²) in [6.07, 6.45) is 2.24. The van der Waals surface area contributed by atoms with Crippen molar-refractivity contribution >= 4 is 27.6 Å². The molecule has 1 aliphatic heterocycles. The van der Waals surface area contributed by atoms with Crippen molar-refractivity contribution in [1.82, 2.24) is 14.7 Å². The number of amides is 1. The van der Waals surface area contributed by atoms with Crippen molar-refractivity contribution in [3.05, 3.63) is 65.6 Å². The Hall–Kier alpha value is -3.53. The Kier molecular flexibility index (Phi) is 6.27. The molecule has 0 bridgehead atoms. The quantitative estimate of drug-likeness (QED) is 0.548. The maximum absolute atomic E-state index is 14.0. The smallest absolute Gasteiger partial charge is 0.268 e. The number of nitrogens with zero attached hydrogens (tertiary/aromatic N) is 3. The molecule has 3 N–H and O–H groups in total. The van der Waals surface area contributed by atoms with E-state index in [1.165, 1.54) is 36.5 Å². The van der Waals surface area contributed by atoms with Gasteiger partial charge in [-0.2, -0.15) is 0 Å². The highest BCUT2D eigenvalue weighted by molar-refractivity contribution is 7.90. The number of halogens is 1. The van der Waals surface area contributed by atoms with E-state index < -0.39 is 21.7 Å². The molecule has 0 saturated carbocycles. The largest absolute Gasteiger partial charge is 0.383 e. The van der Waals surface area contributed by atoms with Crippen LogP contribution in [0.2, 0.25) is 0 Å². The maximum Gasteiger partial charge on any atom is 0.268 e. The van der Waals surface area contributed by atoms with E-state index in [1.54, 1.807) is 12.1 Å². The molecule has 1 atom stereocenters. The minimum Gasteiger partial charge on any atom is -0.383 e. The lowest BCUT2D eigenvalue weighted by Gasteiger charge is -2.36. The fourth-order valence-corrected chi connectivity index (χ4v) is 5.37. The second-order valence-corrected chi connectivity index (χ2v) is 11.0. The SMILES string of the molecule is Cc1ccc(F)cc1-c1ccc(C(=O)NS(=O)(=O)c2cccnc2N)c(N2CCC(C)C2(C)C)n1. The number of hydrogen-bond acceptors (Lipinski definition) is 7. The van der Waals surface area contributed by atoms with Crippen molar-refractivity contribution in [3.8, 4) is 11.3 Å². The molecule has 1 saturated heterocycles. The normalized spacial score (nSPS) is 17.4. The van der Waals surface area contributed by atoms with Gasteiger partial charge in [0.25, 0.3) is 15.9 Å². The number of anilines is 2. The van der Waals surface area contributed by atoms with Crippen LogP contribution in [0.15, 0.2) is 53.6 Å². The van der Waals surface area contributed by atoms with Crippen molar-refractivity contribution in [3.63, 3.8) is 0 Å². The number of nitrogens with one attached hydrogen (secondary N) is 1. The number of pyridine rings is 2. The van der Waals surface area contributed by atoms with Gasteiger partial charge >= 0.3 is 0 Å². The topological polar surface area (TPSA) is 118 Å². The number of hydrogen-bond donors (Lipinski definition) is 2. The van der Waals surface area contributed by atoms with Crippen LogP contribution in [0, 0.1) is 18.7 Å². The number of nitrogen functional groups attached to an aromatic ring is 1. The Balaban J connectivity index is 1.81. The van der Waals surface area contributed by atoms with E-state index in [9.17, 15) is 17.6 Å². The number of carbonyl (C=O) groups excluding carboxylic acids is 1. The van der Waals surface area contributed by atoms with Crippen LogP contribution in [0.4, 0.5) is 16.0 Å². The molecule has 1 fully saturated rings. The van der Waals surface area contributed by atoms with Gasteiger partial charge in [0.2, 0.25) is 0 Å². The number of nitrogens with two attached hydrogens (primary N) is 1. The molecule has 35 heavy (non-hydrogen) atoms. The summed E-state index contributed by atoms with van der Waals surface area (Å²) in [6.45, 7) is 8.72. The molecule has 2 aromatic heterocycles. The molecule has 1 aliphatic rings. The van der Waals surface area contributed by atoms with E-state index in [2.05, 4.69) is 30.5 Å². The summed E-state index contributed by atoms with van der Waals surface area (Å²) in [6, 6.07) is 10.3. The van der Waals surface area contributed by atoms with E-state index in [4.69, 9.17) is 10.7 Å². The lowest BCUT2D eigenvalue weighted by Crippen LogP contribution is -2.43. The first-order chi connectivity index (χ1) is 16.4. The van der Waals surface area contributed by atoms with Gasteiger partial charge in [0.15, 0.2) is 0 Å². The average molecular weight is 498 g/mol. The number of rotatable bonds is 5. The molecule has 3 heterocycles. The second kappa shape index (κ2) is 8.92. The zero-order valence-corrected chi connectivity index (χ0v) is 20.9. The van der Waals surface area contributed by atoms with Crippen molar-refractivity contribution in [2.45, 2.75) is 44.6 Å². The van der Waals surface area contributed by atoms with Gasteiger partial charge in [0.1, 0.15) is 22.3 Å². The first kappa shape index (κ1) is 24.6. The van der Waals surface area contributed by atoms with Gasteiger partial charge in [-0.05, 0) is 75.1 Å². The van der Waals surface area contributed by atoms with E-state index in [1.807, 2.05) is 11.8 Å². The molecule has 0 aliphatic carbocycles. The van der Waals surface area contributed by atoms with Crippen LogP contribution < -0.4 is 15.4 Å². The van der Waals surface area contributed by atoms with E-state index in [-0.39, 0.29) is 21.8 Å². The fourth-order valence-electron chi connectivity index (χ4n) is 4.32. The van der Waals surface area contributed by atoms with E-state index in [0.717, 1.165) is 12.0 Å². The summed E-state index contributed by atoms with van der Waals surface area (Å²) in [5.41, 5.74) is 7.38. The van der Waals surface area contributed by atoms with Crippen LogP contribution in [0.1, 0.15) is 43.1 Å². The summed E-state index contributed by atoms with van der Waals surface area (Å²) in [5.74, 6) is -0.802. The standard InChI is InChI=1S/C25H28FN5O3S/c1-15-7-8-17(26)14-19(15)20-10-9-18(23(29-20)31-13-11-16(2)25(31,3)4)24(32)30-35(33,34)21-6-5-12-28-22(21)27/h5-10,12,14,16H,11,13H2,1-4H3,(H2,27,28)(H,30,32). The summed E-state index contributed by atoms with van der Waals surface area (Å²) < 4.78 is 41.9. The highest BCUT2D eigenvalue weighted by Gasteiger charge is 2.41. The predicted octanol–water partition coefficient (Wildman–Crippen LogP) is 3.92. The number of carbonyl (C=O) groups is 1. The third-order valence-corrected chi connectivity index (χ3v) is 8.23. The van der Waals surface area contributed by atoms with Crippen LogP contribution in [0.25, 0.3) is 11.3 Å². The first-order valence-corrected chi connectivity index (χ1v) is 12.7. The average Bonchev–Trinajstić information content (AvgIpc) is 3.07. The number of aryl methyl sites for hydroxylation is 1. The molecule has 8 nitrogen and oxygen atoms in total. The van der Waals surface area contributed by atoms with Gasteiger partial charge in [-0.1, -0.05) is 13.0 Å². The van der Waals surface area contributed by atoms with Crippen molar-refractivity contribution < 1.29 is 17.6 Å². The van der Waals surface area contributed by atoms with Gasteiger partial charge in [-0.15, -0.1) is 0 Å². The molecule has 10 heteroatoms. The molecule has 0 radical (unpaired) electrons. The number of aromatic nitrogens is 2. The Labute approximate surface area is 204 Å². The third kappa shape index (κ3) is 4.58. The predicted molar refractivity (Wildman–Crippen MR) is 133 cm³/mol. The van der Waals surface area contributed by atoms with Crippen LogP contribution in [-0.4, -0.2) is 36.4 Å². The molecular formula is C25H28FN5O3S. The van der Waals surface area contributed by atoms with Crippen LogP contribution >= 0.6 is 0 Å². The Bertz CT molecular complexity index is 1410. The Morgan fingerprint density at radius 3 is 2.63 bits per heavy atom. The highest BCUT2D eigenvalue weighted by atomic mass is 32.2. The highest BCUT2D eigenvalue weighted by Crippen LogP contribution is 2.39. The summed E-state index contributed by atoms with van der Waals surface area (Å²) in [5, 5.41) is 0. The molecular weight excluding hydrogens is 469 g/mol. The molecule has 4 rings (SSSR count). The van der Waals surface area contributed by atoms with Crippen molar-refractivity contribution in [2.24, 2.45) is 5.92 Å². The van der Waals surface area contributed by atoms with Crippen molar-refractivity contribution in [2.75, 3.05) is 17.2 Å². The van der Waals surface area contributed by atoms with Gasteiger partial charge in [-0.25, -0.2) is 27.5 Å². The van der Waals surface area contributed by atoms with E-state index >= 15 is 0 Å². The van der Waals surface area contributed by atoms with Crippen molar-refractivity contribution in [1.29, 1.82) is 0 Å². The third-order valence-electron chi connectivity index (χ3n) is 6.85. The lowest BCUT2D eigenvalue weighted by molar-refractivity contribution is 0.0981. The van der Waals surface area contributed by atoms with Gasteiger partial charge in [-0.3, -0.25) is 4.79 Å². The fraction of sp³-hybridized carbons (Fsp3) is 0.320. The molecule has 1 amide bonds. The zero-order chi connectivity index (χ0) is 25.5. The Morgan fingerprint density at radius 1 is 1.23 bits per heavy atom. The minimum absolute atomic E-state index is 0.0935. The molecule has 1 aromatic carbocycles. The molecule has 0 spiro atoms. The zero-order valence-electron chi connectivity index (χ0n) is 20.0. The number of benzene rings is 1. The second-order valence-electron chi connectivity index (χ2n) is 9.34. The first-order valence-electron chi connectivity index (χ1n) is 11.2. The van der Waals surface area contributed by atoms with Gasteiger partial charge < -0.3 is 10.6 Å². The van der Waals surface area contributed by atoms with Crippen LogP contribution in [0.3, 0.4) is 0 Å². The van der Waals surface area contributed by atoms with Crippen LogP contribution in [-0.2, 0) is 10.0 Å². The monoisotopic (exact) mass is 497 g/mol. The van der Waals surface area contributed by atoms with E-state index in [0.29, 0.717) is 29.5 Å². The summed E-state index contributed by atoms with van der Waals surface area (Å²) in [4.78, 5) is 23.6. The molecule has 3 aromatic rings. The minimum atomic E-state index is -4.28. The summed E-state index contributed by atoms with van der Waals surface area (Å²) in [7, 11) is -4.28. The molecule has 184 valence electrons. The summed E-state index contributed by atoms with van der Waals surface area (Å²) >= 11 is 0. The maximum atomic E-state index is 14.0. The lowest BCUT2D eigenvalue weighted by atomic mass is 9.90. The molecule has 1 unspecified atom stereocenters. The Morgan fingerprint density at radius 2 is 1.97 bits per heavy atom. The van der Waals surface area contributed by atoms with Gasteiger partial charge in [0.05, 0.1) is 11.3 Å². The number of sulfonamides is 1. The van der Waals surface area contributed by atoms with Gasteiger partial charge in [0, 0.05) is 23.8 Å². The van der Waals surface area contributed by atoms with Crippen LogP contribution in [0.5, 0.6) is 0 Å².